The molecule has 0 saturated carbocycles. The van der Waals surface area contributed by atoms with Crippen LogP contribution in [0.2, 0.25) is 0 Å². The Morgan fingerprint density at radius 1 is 1.00 bits per heavy atom. The minimum Gasteiger partial charge on any atom is -0.484 e. The van der Waals surface area contributed by atoms with Gasteiger partial charge in [0.25, 0.3) is 5.91 Å². The second kappa shape index (κ2) is 7.41. The lowest BCUT2D eigenvalue weighted by Crippen LogP contribution is -2.31. The number of anilines is 1. The van der Waals surface area contributed by atoms with Gasteiger partial charge in [0.2, 0.25) is 0 Å². The standard InChI is InChI=1S/C18H19NO3/c1-3-17(20)14-9-11-16(12-10-14)22-13-18(21)19(2)15-7-5-4-6-8-15/h4-12H,3,13H2,1-2H3. The first-order valence-electron chi connectivity index (χ1n) is 7.19. The van der Waals surface area contributed by atoms with Gasteiger partial charge in [0.15, 0.2) is 12.4 Å². The van der Waals surface area contributed by atoms with E-state index >= 15 is 0 Å². The lowest BCUT2D eigenvalue weighted by Gasteiger charge is -2.17. The van der Waals surface area contributed by atoms with Crippen molar-refractivity contribution in [1.29, 1.82) is 0 Å². The van der Waals surface area contributed by atoms with Gasteiger partial charge in [0.05, 0.1) is 0 Å². The third kappa shape index (κ3) is 3.95. The number of hydrogen-bond acceptors (Lipinski definition) is 3. The monoisotopic (exact) mass is 297 g/mol. The number of para-hydroxylation sites is 1. The number of amides is 1. The number of carbonyl (C=O) groups is 2. The molecule has 4 heteroatoms. The topological polar surface area (TPSA) is 46.6 Å². The van der Waals surface area contributed by atoms with Crippen LogP contribution < -0.4 is 9.64 Å². The summed E-state index contributed by atoms with van der Waals surface area (Å²) in [7, 11) is 1.71. The lowest BCUT2D eigenvalue weighted by molar-refractivity contribution is -0.120. The van der Waals surface area contributed by atoms with Gasteiger partial charge in [-0.05, 0) is 36.4 Å². The van der Waals surface area contributed by atoms with Crippen LogP contribution >= 0.6 is 0 Å². The molecule has 2 aromatic rings. The number of likely N-dealkylation sites (N-methyl/N-ethyl adjacent to an activating group) is 1. The molecule has 4 nitrogen and oxygen atoms in total. The molecule has 0 radical (unpaired) electrons. The van der Waals surface area contributed by atoms with Gasteiger partial charge < -0.3 is 9.64 Å². The average Bonchev–Trinajstić information content (AvgIpc) is 2.59. The van der Waals surface area contributed by atoms with Crippen molar-refractivity contribution < 1.29 is 14.3 Å². The van der Waals surface area contributed by atoms with Gasteiger partial charge in [0.1, 0.15) is 5.75 Å². The zero-order chi connectivity index (χ0) is 15.9. The van der Waals surface area contributed by atoms with Crippen molar-refractivity contribution >= 4 is 17.4 Å². The highest BCUT2D eigenvalue weighted by Crippen LogP contribution is 2.15. The van der Waals surface area contributed by atoms with Crippen LogP contribution in [0.25, 0.3) is 0 Å². The third-order valence-corrected chi connectivity index (χ3v) is 3.38. The Bertz CT molecular complexity index is 635. The Hall–Kier alpha value is -2.62. The summed E-state index contributed by atoms with van der Waals surface area (Å²) in [5.41, 5.74) is 1.47. The third-order valence-electron chi connectivity index (χ3n) is 3.38. The highest BCUT2D eigenvalue weighted by Gasteiger charge is 2.11. The van der Waals surface area contributed by atoms with Crippen molar-refractivity contribution in [1.82, 2.24) is 0 Å². The molecule has 0 aromatic heterocycles. The highest BCUT2D eigenvalue weighted by atomic mass is 16.5. The van der Waals surface area contributed by atoms with E-state index in [2.05, 4.69) is 0 Å². The minimum absolute atomic E-state index is 0.0491. The smallest absolute Gasteiger partial charge is 0.264 e. The summed E-state index contributed by atoms with van der Waals surface area (Å²) in [6, 6.07) is 16.2. The first kappa shape index (κ1) is 15.8. The molecule has 0 fully saturated rings. The predicted octanol–water partition coefficient (Wildman–Crippen LogP) is 3.32. The van der Waals surface area contributed by atoms with Gasteiger partial charge >= 0.3 is 0 Å². The maximum atomic E-state index is 12.1. The van der Waals surface area contributed by atoms with E-state index in [1.54, 1.807) is 36.2 Å². The summed E-state index contributed by atoms with van der Waals surface area (Å²) >= 11 is 0. The number of Topliss-reactive ketones (excluding diaryl/α,β-unsaturated/α-hetero) is 1. The second-order valence-electron chi connectivity index (χ2n) is 4.88. The van der Waals surface area contributed by atoms with Crippen molar-refractivity contribution in [3.63, 3.8) is 0 Å². The van der Waals surface area contributed by atoms with E-state index in [9.17, 15) is 9.59 Å². The number of carbonyl (C=O) groups excluding carboxylic acids is 2. The van der Waals surface area contributed by atoms with Crippen LogP contribution in [-0.2, 0) is 4.79 Å². The summed E-state index contributed by atoms with van der Waals surface area (Å²) in [4.78, 5) is 25.2. The van der Waals surface area contributed by atoms with Gasteiger partial charge in [-0.3, -0.25) is 9.59 Å². The quantitative estimate of drug-likeness (QED) is 0.768. The van der Waals surface area contributed by atoms with Gasteiger partial charge in [-0.25, -0.2) is 0 Å². The molecular formula is C18H19NO3. The Labute approximate surface area is 130 Å². The van der Waals surface area contributed by atoms with E-state index < -0.39 is 0 Å². The number of nitrogens with zero attached hydrogens (tertiary/aromatic N) is 1. The highest BCUT2D eigenvalue weighted by molar-refractivity contribution is 5.96. The number of ketones is 1. The number of benzene rings is 2. The van der Waals surface area contributed by atoms with Crippen LogP contribution in [0, 0.1) is 0 Å². The first-order valence-corrected chi connectivity index (χ1v) is 7.19. The van der Waals surface area contributed by atoms with Gasteiger partial charge in [-0.1, -0.05) is 25.1 Å². The summed E-state index contributed by atoms with van der Waals surface area (Å²) in [5, 5.41) is 0. The van der Waals surface area contributed by atoms with Crippen LogP contribution in [-0.4, -0.2) is 25.3 Å². The van der Waals surface area contributed by atoms with Gasteiger partial charge in [-0.15, -0.1) is 0 Å². The van der Waals surface area contributed by atoms with Crippen LogP contribution in [0.5, 0.6) is 5.75 Å². The summed E-state index contributed by atoms with van der Waals surface area (Å²) < 4.78 is 5.48. The molecule has 0 aliphatic heterocycles. The molecule has 0 atom stereocenters. The molecule has 0 heterocycles. The summed E-state index contributed by atoms with van der Waals surface area (Å²) in [5.74, 6) is 0.522. The fourth-order valence-corrected chi connectivity index (χ4v) is 1.98. The zero-order valence-corrected chi connectivity index (χ0v) is 12.8. The Balaban J connectivity index is 1.92. The van der Waals surface area contributed by atoms with Crippen molar-refractivity contribution in [2.75, 3.05) is 18.6 Å². The Kier molecular flexibility index (Phi) is 5.31. The molecule has 2 rings (SSSR count). The molecule has 1 amide bonds. The van der Waals surface area contributed by atoms with E-state index in [0.717, 1.165) is 5.69 Å². The van der Waals surface area contributed by atoms with Crippen molar-refractivity contribution in [2.24, 2.45) is 0 Å². The minimum atomic E-state index is -0.139. The molecular weight excluding hydrogens is 278 g/mol. The summed E-state index contributed by atoms with van der Waals surface area (Å²) in [6.07, 6.45) is 0.473. The SMILES string of the molecule is CCC(=O)c1ccc(OCC(=O)N(C)c2ccccc2)cc1. The van der Waals surface area contributed by atoms with E-state index in [1.807, 2.05) is 37.3 Å². The molecule has 0 aliphatic rings. The Morgan fingerprint density at radius 2 is 1.64 bits per heavy atom. The maximum Gasteiger partial charge on any atom is 0.264 e. The van der Waals surface area contributed by atoms with E-state index in [4.69, 9.17) is 4.74 Å². The largest absolute Gasteiger partial charge is 0.484 e. The van der Waals surface area contributed by atoms with Crippen LogP contribution in [0.3, 0.4) is 0 Å². The zero-order valence-electron chi connectivity index (χ0n) is 12.8. The van der Waals surface area contributed by atoms with Crippen molar-refractivity contribution in [3.05, 3.63) is 60.2 Å². The lowest BCUT2D eigenvalue weighted by atomic mass is 10.1. The van der Waals surface area contributed by atoms with Gasteiger partial charge in [0, 0.05) is 24.7 Å². The fourth-order valence-electron chi connectivity index (χ4n) is 1.98. The normalized spacial score (nSPS) is 10.1. The average molecular weight is 297 g/mol. The molecule has 0 aliphatic carbocycles. The summed E-state index contributed by atoms with van der Waals surface area (Å²) in [6.45, 7) is 1.78. The molecule has 0 bridgehead atoms. The fraction of sp³-hybridized carbons (Fsp3) is 0.222. The van der Waals surface area contributed by atoms with Crippen molar-refractivity contribution in [3.8, 4) is 5.75 Å². The van der Waals surface area contributed by atoms with Crippen LogP contribution in [0.4, 0.5) is 5.69 Å². The van der Waals surface area contributed by atoms with Crippen molar-refractivity contribution in [2.45, 2.75) is 13.3 Å². The molecule has 0 saturated heterocycles. The van der Waals surface area contributed by atoms with E-state index in [-0.39, 0.29) is 18.3 Å². The molecule has 0 unspecified atom stereocenters. The number of ether oxygens (including phenoxy) is 1. The molecule has 2 aromatic carbocycles. The number of rotatable bonds is 6. The molecule has 0 spiro atoms. The number of hydrogen-bond donors (Lipinski definition) is 0. The molecule has 22 heavy (non-hydrogen) atoms. The first-order chi connectivity index (χ1) is 10.6. The Morgan fingerprint density at radius 3 is 2.23 bits per heavy atom. The second-order valence-corrected chi connectivity index (χ2v) is 4.88. The molecule has 114 valence electrons. The van der Waals surface area contributed by atoms with Gasteiger partial charge in [-0.2, -0.15) is 0 Å². The predicted molar refractivity (Wildman–Crippen MR) is 86.4 cm³/mol. The van der Waals surface area contributed by atoms with E-state index in [1.165, 1.54) is 0 Å². The van der Waals surface area contributed by atoms with E-state index in [0.29, 0.717) is 17.7 Å². The maximum absolute atomic E-state index is 12.1. The molecule has 0 N–H and O–H groups in total. The van der Waals surface area contributed by atoms with Crippen LogP contribution in [0.1, 0.15) is 23.7 Å². The van der Waals surface area contributed by atoms with Crippen LogP contribution in [0.15, 0.2) is 54.6 Å².